The van der Waals surface area contributed by atoms with Crippen molar-refractivity contribution in [2.24, 2.45) is 0 Å². The first-order valence-electron chi connectivity index (χ1n) is 6.56. The molecule has 0 spiro atoms. The number of aryl methyl sites for hydroxylation is 1. The summed E-state index contributed by atoms with van der Waals surface area (Å²) in [6, 6.07) is 6.93. The predicted octanol–water partition coefficient (Wildman–Crippen LogP) is 3.18. The molecule has 0 saturated carbocycles. The summed E-state index contributed by atoms with van der Waals surface area (Å²) in [4.78, 5) is 0. The van der Waals surface area contributed by atoms with E-state index in [1.807, 2.05) is 6.92 Å². The van der Waals surface area contributed by atoms with E-state index in [0.29, 0.717) is 24.3 Å². The predicted molar refractivity (Wildman–Crippen MR) is 73.6 cm³/mol. The Kier molecular flexibility index (Phi) is 5.78. The molecule has 104 valence electrons. The zero-order valence-corrected chi connectivity index (χ0v) is 11.8. The van der Waals surface area contributed by atoms with Crippen molar-refractivity contribution in [1.82, 2.24) is 5.32 Å². The Hall–Kier alpha value is -1.60. The molecule has 1 unspecified atom stereocenters. The second-order valence-electron chi connectivity index (χ2n) is 4.88. The first kappa shape index (κ1) is 15.5. The molecule has 1 rings (SSSR count). The van der Waals surface area contributed by atoms with E-state index in [1.54, 1.807) is 19.1 Å². The largest absolute Gasteiger partial charge is 0.493 e. The first-order valence-corrected chi connectivity index (χ1v) is 6.56. The topological polar surface area (TPSA) is 45.0 Å². The lowest BCUT2D eigenvalue weighted by Gasteiger charge is -2.23. The normalized spacial score (nSPS) is 13.6. The standard InChI is InChI=1S/C15H21FN2O/c1-4-8-18-15(3,11-17)7-9-19-13-5-6-14(16)12(2)10-13/h5-6,10,18H,4,7-9H2,1-3H3. The maximum absolute atomic E-state index is 13.1. The monoisotopic (exact) mass is 264 g/mol. The van der Waals surface area contributed by atoms with Gasteiger partial charge >= 0.3 is 0 Å². The van der Waals surface area contributed by atoms with Gasteiger partial charge in [-0.2, -0.15) is 5.26 Å². The molecule has 1 aromatic carbocycles. The number of hydrogen-bond donors (Lipinski definition) is 1. The van der Waals surface area contributed by atoms with Crippen LogP contribution in [0.4, 0.5) is 4.39 Å². The Morgan fingerprint density at radius 3 is 2.79 bits per heavy atom. The summed E-state index contributed by atoms with van der Waals surface area (Å²) in [6.45, 7) is 6.85. The summed E-state index contributed by atoms with van der Waals surface area (Å²) in [5.74, 6) is 0.397. The van der Waals surface area contributed by atoms with Crippen LogP contribution in [0.2, 0.25) is 0 Å². The first-order chi connectivity index (χ1) is 9.00. The number of ether oxygens (including phenoxy) is 1. The highest BCUT2D eigenvalue weighted by Crippen LogP contribution is 2.17. The number of hydrogen-bond acceptors (Lipinski definition) is 3. The Morgan fingerprint density at radius 1 is 1.47 bits per heavy atom. The number of rotatable bonds is 7. The molecule has 0 heterocycles. The van der Waals surface area contributed by atoms with E-state index < -0.39 is 5.54 Å². The van der Waals surface area contributed by atoms with E-state index >= 15 is 0 Å². The molecule has 0 aliphatic carbocycles. The van der Waals surface area contributed by atoms with Gasteiger partial charge in [0, 0.05) is 6.42 Å². The zero-order valence-electron chi connectivity index (χ0n) is 11.8. The van der Waals surface area contributed by atoms with Gasteiger partial charge in [0.2, 0.25) is 0 Å². The van der Waals surface area contributed by atoms with Crippen LogP contribution < -0.4 is 10.1 Å². The highest BCUT2D eigenvalue weighted by Gasteiger charge is 2.22. The minimum atomic E-state index is -0.578. The van der Waals surface area contributed by atoms with Gasteiger partial charge in [0.25, 0.3) is 0 Å². The third kappa shape index (κ3) is 4.88. The van der Waals surface area contributed by atoms with E-state index in [0.717, 1.165) is 13.0 Å². The van der Waals surface area contributed by atoms with Gasteiger partial charge in [-0.05, 0) is 50.6 Å². The molecule has 0 aliphatic rings. The molecule has 0 fully saturated rings. The molecular weight excluding hydrogens is 243 g/mol. The fourth-order valence-electron chi connectivity index (χ4n) is 1.66. The summed E-state index contributed by atoms with van der Waals surface area (Å²) >= 11 is 0. The number of nitrogens with one attached hydrogen (secondary N) is 1. The summed E-state index contributed by atoms with van der Waals surface area (Å²) in [7, 11) is 0. The Balaban J connectivity index is 2.48. The smallest absolute Gasteiger partial charge is 0.126 e. The van der Waals surface area contributed by atoms with Gasteiger partial charge < -0.3 is 4.74 Å². The quantitative estimate of drug-likeness (QED) is 0.822. The van der Waals surface area contributed by atoms with Crippen molar-refractivity contribution in [3.05, 3.63) is 29.6 Å². The van der Waals surface area contributed by atoms with E-state index in [1.165, 1.54) is 6.07 Å². The maximum Gasteiger partial charge on any atom is 0.126 e. The summed E-state index contributed by atoms with van der Waals surface area (Å²) in [5, 5.41) is 12.4. The van der Waals surface area contributed by atoms with Gasteiger partial charge in [-0.25, -0.2) is 4.39 Å². The Morgan fingerprint density at radius 2 is 2.21 bits per heavy atom. The van der Waals surface area contributed by atoms with Gasteiger partial charge in [-0.1, -0.05) is 6.92 Å². The Labute approximate surface area is 114 Å². The lowest BCUT2D eigenvalue weighted by Crippen LogP contribution is -2.42. The summed E-state index contributed by atoms with van der Waals surface area (Å²) < 4.78 is 18.7. The molecular formula is C15H21FN2O. The van der Waals surface area contributed by atoms with Crippen LogP contribution in [0.25, 0.3) is 0 Å². The minimum absolute atomic E-state index is 0.237. The van der Waals surface area contributed by atoms with Crippen LogP contribution in [0.1, 0.15) is 32.3 Å². The van der Waals surface area contributed by atoms with Gasteiger partial charge in [0.05, 0.1) is 12.7 Å². The van der Waals surface area contributed by atoms with E-state index in [2.05, 4.69) is 18.3 Å². The SMILES string of the molecule is CCCNC(C)(C#N)CCOc1ccc(F)c(C)c1. The molecule has 19 heavy (non-hydrogen) atoms. The average molecular weight is 264 g/mol. The molecule has 0 aromatic heterocycles. The second-order valence-corrected chi connectivity index (χ2v) is 4.88. The lowest BCUT2D eigenvalue weighted by atomic mass is 10.0. The van der Waals surface area contributed by atoms with Crippen molar-refractivity contribution in [1.29, 1.82) is 5.26 Å². The Bertz CT molecular complexity index is 456. The molecule has 0 amide bonds. The van der Waals surface area contributed by atoms with Crippen molar-refractivity contribution in [3.8, 4) is 11.8 Å². The molecule has 1 atom stereocenters. The van der Waals surface area contributed by atoms with Crippen LogP contribution in [0, 0.1) is 24.1 Å². The molecule has 0 radical (unpaired) electrons. The number of halogens is 1. The molecule has 0 aliphatic heterocycles. The zero-order chi connectivity index (χ0) is 14.3. The molecule has 1 N–H and O–H groups in total. The van der Waals surface area contributed by atoms with Crippen LogP contribution in [-0.2, 0) is 0 Å². The number of benzene rings is 1. The lowest BCUT2D eigenvalue weighted by molar-refractivity contribution is 0.267. The van der Waals surface area contributed by atoms with Crippen molar-refractivity contribution in [3.63, 3.8) is 0 Å². The summed E-state index contributed by atoms with van der Waals surface area (Å²) in [5.41, 5.74) is -0.0184. The van der Waals surface area contributed by atoms with E-state index in [4.69, 9.17) is 4.74 Å². The molecule has 1 aromatic rings. The fraction of sp³-hybridized carbons (Fsp3) is 0.533. The number of nitriles is 1. The van der Waals surface area contributed by atoms with Crippen LogP contribution in [0.5, 0.6) is 5.75 Å². The van der Waals surface area contributed by atoms with Crippen LogP contribution >= 0.6 is 0 Å². The molecule has 0 bridgehead atoms. The number of nitrogens with zero attached hydrogens (tertiary/aromatic N) is 1. The van der Waals surface area contributed by atoms with E-state index in [-0.39, 0.29) is 5.82 Å². The van der Waals surface area contributed by atoms with Crippen LogP contribution in [0.3, 0.4) is 0 Å². The van der Waals surface area contributed by atoms with Gasteiger partial charge in [-0.3, -0.25) is 5.32 Å². The van der Waals surface area contributed by atoms with Crippen LogP contribution in [0.15, 0.2) is 18.2 Å². The molecule has 3 nitrogen and oxygen atoms in total. The van der Waals surface area contributed by atoms with Crippen molar-refractivity contribution in [2.45, 2.75) is 39.2 Å². The van der Waals surface area contributed by atoms with Gasteiger partial charge in [0.15, 0.2) is 0 Å². The highest BCUT2D eigenvalue weighted by atomic mass is 19.1. The minimum Gasteiger partial charge on any atom is -0.493 e. The fourth-order valence-corrected chi connectivity index (χ4v) is 1.66. The van der Waals surface area contributed by atoms with Crippen molar-refractivity contribution >= 4 is 0 Å². The third-order valence-electron chi connectivity index (χ3n) is 3.01. The van der Waals surface area contributed by atoms with Gasteiger partial charge in [0.1, 0.15) is 17.1 Å². The van der Waals surface area contributed by atoms with E-state index in [9.17, 15) is 9.65 Å². The maximum atomic E-state index is 13.1. The van der Waals surface area contributed by atoms with Crippen molar-refractivity contribution in [2.75, 3.05) is 13.2 Å². The molecule has 4 heteroatoms. The van der Waals surface area contributed by atoms with Crippen molar-refractivity contribution < 1.29 is 9.13 Å². The highest BCUT2D eigenvalue weighted by molar-refractivity contribution is 5.28. The third-order valence-corrected chi connectivity index (χ3v) is 3.01. The average Bonchev–Trinajstić information content (AvgIpc) is 2.40. The molecule has 0 saturated heterocycles. The van der Waals surface area contributed by atoms with Crippen LogP contribution in [-0.4, -0.2) is 18.7 Å². The van der Waals surface area contributed by atoms with Gasteiger partial charge in [-0.15, -0.1) is 0 Å². The summed E-state index contributed by atoms with van der Waals surface area (Å²) in [6.07, 6.45) is 1.56. The second kappa shape index (κ2) is 7.10.